The number of carbonyl (C=O) groups excluding carboxylic acids is 4. The molecule has 252 valence electrons. The van der Waals surface area contributed by atoms with Gasteiger partial charge in [0.05, 0.1) is 0 Å². The molecule has 0 aliphatic carbocycles. The first-order chi connectivity index (χ1) is 21.9. The number of nitrogens with one attached hydrogen (secondary N) is 2. The van der Waals surface area contributed by atoms with Crippen molar-refractivity contribution in [1.29, 1.82) is 0 Å². The van der Waals surface area contributed by atoms with Gasteiger partial charge in [0.25, 0.3) is 0 Å². The highest BCUT2D eigenvalue weighted by Crippen LogP contribution is 2.14. The summed E-state index contributed by atoms with van der Waals surface area (Å²) in [6, 6.07) is 7.25. The molecular weight excluding hydrogens is 616 g/mol. The third-order valence-electron chi connectivity index (χ3n) is 7.03. The van der Waals surface area contributed by atoms with Crippen LogP contribution in [0.4, 0.5) is 9.59 Å². The van der Waals surface area contributed by atoms with Crippen LogP contribution in [0.1, 0.15) is 37.2 Å². The molecule has 0 aliphatic rings. The number of rotatable bonds is 18. The Hall–Kier alpha value is -4.40. The van der Waals surface area contributed by atoms with E-state index in [0.717, 1.165) is 22.7 Å². The van der Waals surface area contributed by atoms with Crippen molar-refractivity contribution in [2.45, 2.75) is 51.6 Å². The van der Waals surface area contributed by atoms with Gasteiger partial charge in [-0.05, 0) is 54.5 Å². The van der Waals surface area contributed by atoms with E-state index in [4.69, 9.17) is 9.47 Å². The monoisotopic (exact) mass is 660 g/mol. The Labute approximate surface area is 273 Å². The number of aliphatic carboxylic acids is 1. The van der Waals surface area contributed by atoms with Crippen molar-refractivity contribution >= 4 is 41.7 Å². The number of likely N-dealkylation sites (N-methyl/N-ethyl adjacent to an activating group) is 2. The molecular formula is C31H44N6O8S. The SMILES string of the molecule is CSCCC(NC(C)=O)C(=O)N(C)CCc1ccc(CC(C)[C@H](NC(=O)OCOC(=O)N(C)CCc2ccccn2)C(=O)O)cn1. The maximum atomic E-state index is 12.8. The Morgan fingerprint density at radius 1 is 0.957 bits per heavy atom. The maximum absolute atomic E-state index is 12.8. The molecule has 0 spiro atoms. The summed E-state index contributed by atoms with van der Waals surface area (Å²) in [5, 5.41) is 14.7. The molecule has 0 aromatic carbocycles. The zero-order valence-corrected chi connectivity index (χ0v) is 27.7. The van der Waals surface area contributed by atoms with Crippen LogP contribution in [0.5, 0.6) is 0 Å². The lowest BCUT2D eigenvalue weighted by Crippen LogP contribution is -2.47. The lowest BCUT2D eigenvalue weighted by Gasteiger charge is -2.24. The third-order valence-corrected chi connectivity index (χ3v) is 7.68. The number of carbonyl (C=O) groups is 5. The summed E-state index contributed by atoms with van der Waals surface area (Å²) in [4.78, 5) is 72.2. The lowest BCUT2D eigenvalue weighted by molar-refractivity contribution is -0.140. The fourth-order valence-corrected chi connectivity index (χ4v) is 4.86. The van der Waals surface area contributed by atoms with Crippen molar-refractivity contribution in [3.05, 3.63) is 59.7 Å². The number of alkyl carbamates (subject to hydrolysis) is 1. The molecule has 0 fully saturated rings. The van der Waals surface area contributed by atoms with Crippen molar-refractivity contribution in [3.8, 4) is 0 Å². The first-order valence-corrected chi connectivity index (χ1v) is 16.2. The number of carboxylic acid groups (broad SMARTS) is 1. The maximum Gasteiger partial charge on any atom is 0.412 e. The molecule has 14 nitrogen and oxygen atoms in total. The van der Waals surface area contributed by atoms with Crippen LogP contribution in [0.15, 0.2) is 42.7 Å². The summed E-state index contributed by atoms with van der Waals surface area (Å²) in [6.45, 7) is 3.12. The highest BCUT2D eigenvalue weighted by Gasteiger charge is 2.28. The molecule has 4 amide bonds. The molecule has 2 aromatic rings. The minimum Gasteiger partial charge on any atom is -0.480 e. The van der Waals surface area contributed by atoms with Gasteiger partial charge < -0.3 is 35.0 Å². The Morgan fingerprint density at radius 2 is 1.65 bits per heavy atom. The van der Waals surface area contributed by atoms with Gasteiger partial charge in [0.1, 0.15) is 12.1 Å². The van der Waals surface area contributed by atoms with Gasteiger partial charge in [-0.25, -0.2) is 14.4 Å². The van der Waals surface area contributed by atoms with E-state index < -0.39 is 43.0 Å². The summed E-state index contributed by atoms with van der Waals surface area (Å²) in [7, 11) is 3.22. The molecule has 2 unspecified atom stereocenters. The van der Waals surface area contributed by atoms with Crippen LogP contribution in [0, 0.1) is 5.92 Å². The van der Waals surface area contributed by atoms with E-state index in [1.165, 1.54) is 18.9 Å². The Morgan fingerprint density at radius 3 is 2.24 bits per heavy atom. The van der Waals surface area contributed by atoms with Gasteiger partial charge in [0.15, 0.2) is 0 Å². The van der Waals surface area contributed by atoms with Gasteiger partial charge >= 0.3 is 18.2 Å². The van der Waals surface area contributed by atoms with Gasteiger partial charge in [-0.1, -0.05) is 19.1 Å². The number of ether oxygens (including phenoxy) is 2. The molecule has 3 N–H and O–H groups in total. The summed E-state index contributed by atoms with van der Waals surface area (Å²) >= 11 is 1.60. The van der Waals surface area contributed by atoms with Crippen molar-refractivity contribution in [2.75, 3.05) is 46.0 Å². The standard InChI is InChI=1S/C31H44N6O8S/c1-21(18-23-9-10-25(33-19-23)11-15-36(3)28(39)26(13-17-46-5)34-22(2)38)27(29(40)41)35-30(42)44-20-45-31(43)37(4)16-12-24-8-6-7-14-32-24/h6-10,14,19,21,26-27H,11-13,15-18,20H2,1-5H3,(H,34,38)(H,35,42)(H,40,41)/t21?,26?,27-/m0/s1. The predicted octanol–water partition coefficient (Wildman–Crippen LogP) is 2.36. The third kappa shape index (κ3) is 13.7. The van der Waals surface area contributed by atoms with E-state index >= 15 is 0 Å². The second kappa shape index (κ2) is 19.9. The molecule has 15 heteroatoms. The van der Waals surface area contributed by atoms with E-state index in [1.54, 1.807) is 55.2 Å². The van der Waals surface area contributed by atoms with E-state index in [2.05, 4.69) is 20.6 Å². The predicted molar refractivity (Wildman–Crippen MR) is 172 cm³/mol. The van der Waals surface area contributed by atoms with Crippen LogP contribution in [-0.4, -0.2) is 113 Å². The molecule has 2 aromatic heterocycles. The van der Waals surface area contributed by atoms with E-state index in [0.29, 0.717) is 38.8 Å². The van der Waals surface area contributed by atoms with Crippen LogP contribution in [0.2, 0.25) is 0 Å². The highest BCUT2D eigenvalue weighted by molar-refractivity contribution is 7.98. The van der Waals surface area contributed by atoms with Crippen molar-refractivity contribution in [1.82, 2.24) is 30.4 Å². The fourth-order valence-electron chi connectivity index (χ4n) is 4.39. The Kier molecular flexibility index (Phi) is 16.3. The first kappa shape index (κ1) is 37.8. The van der Waals surface area contributed by atoms with Gasteiger partial charge in [0.2, 0.25) is 18.6 Å². The van der Waals surface area contributed by atoms with Gasteiger partial charge in [-0.2, -0.15) is 11.8 Å². The normalized spacial score (nSPS) is 12.6. The van der Waals surface area contributed by atoms with Crippen LogP contribution >= 0.6 is 11.8 Å². The average Bonchev–Trinajstić information content (AvgIpc) is 3.03. The summed E-state index contributed by atoms with van der Waals surface area (Å²) in [5.74, 6) is -1.46. The summed E-state index contributed by atoms with van der Waals surface area (Å²) < 4.78 is 9.83. The Balaban J connectivity index is 1.80. The topological polar surface area (TPSA) is 180 Å². The first-order valence-electron chi connectivity index (χ1n) is 14.8. The molecule has 0 aliphatic heterocycles. The Bertz CT molecular complexity index is 1280. The molecule has 0 radical (unpaired) electrons. The van der Waals surface area contributed by atoms with Gasteiger partial charge in [-0.3, -0.25) is 19.6 Å². The lowest BCUT2D eigenvalue weighted by atomic mass is 9.94. The number of pyridine rings is 2. The van der Waals surface area contributed by atoms with Gasteiger partial charge in [0, 0.05) is 70.7 Å². The average molecular weight is 661 g/mol. The van der Waals surface area contributed by atoms with E-state index in [-0.39, 0.29) is 11.8 Å². The van der Waals surface area contributed by atoms with Gasteiger partial charge in [-0.15, -0.1) is 0 Å². The molecule has 2 heterocycles. The molecule has 0 bridgehead atoms. The van der Waals surface area contributed by atoms with Crippen molar-refractivity contribution in [2.24, 2.45) is 5.92 Å². The number of hydrogen-bond donors (Lipinski definition) is 3. The second-order valence-electron chi connectivity index (χ2n) is 10.8. The van der Waals surface area contributed by atoms with Crippen LogP contribution in [-0.2, 0) is 43.1 Å². The highest BCUT2D eigenvalue weighted by atomic mass is 32.2. The van der Waals surface area contributed by atoms with Crippen LogP contribution in [0.3, 0.4) is 0 Å². The molecule has 0 saturated carbocycles. The number of thioether (sulfide) groups is 1. The molecule has 46 heavy (non-hydrogen) atoms. The number of hydrogen-bond acceptors (Lipinski definition) is 10. The second-order valence-corrected chi connectivity index (χ2v) is 11.8. The molecule has 3 atom stereocenters. The van der Waals surface area contributed by atoms with E-state index in [9.17, 15) is 29.1 Å². The quantitative estimate of drug-likeness (QED) is 0.200. The largest absolute Gasteiger partial charge is 0.480 e. The summed E-state index contributed by atoms with van der Waals surface area (Å²) in [5.41, 5.74) is 2.31. The summed E-state index contributed by atoms with van der Waals surface area (Å²) in [6.07, 6.45) is 5.33. The number of aromatic nitrogens is 2. The van der Waals surface area contributed by atoms with E-state index in [1.807, 2.05) is 24.5 Å². The molecule has 2 rings (SSSR count). The zero-order chi connectivity index (χ0) is 34.1. The minimum atomic E-state index is -1.27. The van der Waals surface area contributed by atoms with Crippen LogP contribution < -0.4 is 10.6 Å². The minimum absolute atomic E-state index is 0.164. The molecule has 0 saturated heterocycles. The number of amides is 4. The fraction of sp³-hybridized carbons (Fsp3) is 0.516. The van der Waals surface area contributed by atoms with Crippen LogP contribution in [0.25, 0.3) is 0 Å². The van der Waals surface area contributed by atoms with Crippen molar-refractivity contribution in [3.63, 3.8) is 0 Å². The zero-order valence-electron chi connectivity index (χ0n) is 26.9. The number of carboxylic acids is 1. The smallest absolute Gasteiger partial charge is 0.412 e. The van der Waals surface area contributed by atoms with Crippen molar-refractivity contribution < 1.29 is 38.6 Å². The number of nitrogens with zero attached hydrogens (tertiary/aromatic N) is 4.